The molecule has 0 bridgehead atoms. The third-order valence-electron chi connectivity index (χ3n) is 3.90. The van der Waals surface area contributed by atoms with Crippen LogP contribution in [-0.4, -0.2) is 23.3 Å². The minimum atomic E-state index is -0.413. The Hall–Kier alpha value is -0.570. The molecule has 0 aromatic heterocycles. The first kappa shape index (κ1) is 21.4. The first-order valence-electron chi connectivity index (χ1n) is 9.21. The van der Waals surface area contributed by atoms with E-state index in [1.165, 1.54) is 44.9 Å². The molecule has 0 aromatic rings. The highest BCUT2D eigenvalue weighted by molar-refractivity contribution is 5.69. The summed E-state index contributed by atoms with van der Waals surface area (Å²) in [5, 5.41) is 9.42. The molecule has 132 valence electrons. The molecule has 0 rings (SSSR count). The zero-order valence-corrected chi connectivity index (χ0v) is 15.3. The van der Waals surface area contributed by atoms with Crippen LogP contribution in [0.2, 0.25) is 0 Å². The maximum atomic E-state index is 11.7. The number of esters is 1. The summed E-state index contributed by atoms with van der Waals surface area (Å²) in [6.45, 7) is 8.07. The average Bonchev–Trinajstić information content (AvgIpc) is 2.43. The molecule has 0 fully saturated rings. The normalized spacial score (nSPS) is 13.1. The number of rotatable bonds is 13. The van der Waals surface area contributed by atoms with E-state index in [2.05, 4.69) is 6.92 Å². The summed E-state index contributed by atoms with van der Waals surface area (Å²) in [6, 6.07) is 0. The van der Waals surface area contributed by atoms with Gasteiger partial charge >= 0.3 is 5.97 Å². The quantitative estimate of drug-likeness (QED) is 0.373. The van der Waals surface area contributed by atoms with Gasteiger partial charge in [0.05, 0.1) is 0 Å². The number of carbonyl (C=O) groups excluding carboxylic acids is 1. The van der Waals surface area contributed by atoms with Gasteiger partial charge in [0, 0.05) is 13.0 Å². The summed E-state index contributed by atoms with van der Waals surface area (Å²) < 4.78 is 5.30. The highest BCUT2D eigenvalue weighted by atomic mass is 16.6. The van der Waals surface area contributed by atoms with Crippen LogP contribution in [0.1, 0.15) is 98.3 Å². The average molecular weight is 315 g/mol. The molecule has 0 amide bonds. The van der Waals surface area contributed by atoms with Crippen LogP contribution in [0.25, 0.3) is 0 Å². The molecule has 0 radical (unpaired) electrons. The first-order valence-corrected chi connectivity index (χ1v) is 9.21. The molecule has 3 heteroatoms. The van der Waals surface area contributed by atoms with E-state index in [0.717, 1.165) is 19.3 Å². The summed E-state index contributed by atoms with van der Waals surface area (Å²) in [4.78, 5) is 11.7. The highest BCUT2D eigenvalue weighted by Gasteiger charge is 2.17. The molecule has 22 heavy (non-hydrogen) atoms. The van der Waals surface area contributed by atoms with Crippen molar-refractivity contribution in [2.75, 3.05) is 6.61 Å². The molecular weight excluding hydrogens is 276 g/mol. The Morgan fingerprint density at radius 3 is 2.00 bits per heavy atom. The summed E-state index contributed by atoms with van der Waals surface area (Å²) in [7, 11) is 0. The minimum Gasteiger partial charge on any atom is -0.460 e. The van der Waals surface area contributed by atoms with E-state index in [-0.39, 0.29) is 18.5 Å². The Morgan fingerprint density at radius 1 is 0.955 bits per heavy atom. The van der Waals surface area contributed by atoms with Gasteiger partial charge in [-0.05, 0) is 39.5 Å². The predicted molar refractivity (Wildman–Crippen MR) is 92.9 cm³/mol. The van der Waals surface area contributed by atoms with Gasteiger partial charge in [0.2, 0.25) is 0 Å². The second kappa shape index (κ2) is 12.9. The second-order valence-electron chi connectivity index (χ2n) is 7.44. The minimum absolute atomic E-state index is 0.151. The summed E-state index contributed by atoms with van der Waals surface area (Å²) in [6.07, 6.45) is 12.6. The van der Waals surface area contributed by atoms with Gasteiger partial charge in [0.25, 0.3) is 0 Å². The molecule has 0 aliphatic carbocycles. The number of aliphatic hydroxyl groups excluding tert-OH is 1. The molecule has 0 aliphatic rings. The molecule has 0 spiro atoms. The molecular formula is C19H38O3. The fourth-order valence-electron chi connectivity index (χ4n) is 2.61. The van der Waals surface area contributed by atoms with Gasteiger partial charge in [-0.25, -0.2) is 0 Å². The smallest absolute Gasteiger partial charge is 0.306 e. The lowest BCUT2D eigenvalue weighted by Crippen LogP contribution is -2.24. The molecule has 1 N–H and O–H groups in total. The lowest BCUT2D eigenvalue weighted by atomic mass is 9.96. The molecule has 0 unspecified atom stereocenters. The number of hydrogen-bond donors (Lipinski definition) is 1. The van der Waals surface area contributed by atoms with Crippen molar-refractivity contribution in [3.63, 3.8) is 0 Å². The van der Waals surface area contributed by atoms with E-state index < -0.39 is 5.60 Å². The van der Waals surface area contributed by atoms with Crippen LogP contribution >= 0.6 is 0 Å². The highest BCUT2D eigenvalue weighted by Crippen LogP contribution is 2.18. The lowest BCUT2D eigenvalue weighted by molar-refractivity contribution is -0.155. The molecule has 0 aliphatic heterocycles. The fraction of sp³-hybridized carbons (Fsp3) is 0.947. The van der Waals surface area contributed by atoms with E-state index in [1.54, 1.807) is 0 Å². The summed E-state index contributed by atoms with van der Waals surface area (Å²) in [5.41, 5.74) is -0.413. The van der Waals surface area contributed by atoms with Gasteiger partial charge in [-0.1, -0.05) is 58.3 Å². The lowest BCUT2D eigenvalue weighted by Gasteiger charge is -2.20. The zero-order chi connectivity index (χ0) is 16.8. The Labute approximate surface area is 137 Å². The monoisotopic (exact) mass is 314 g/mol. The maximum absolute atomic E-state index is 11.7. The van der Waals surface area contributed by atoms with Crippen molar-refractivity contribution in [1.82, 2.24) is 0 Å². The van der Waals surface area contributed by atoms with Crippen LogP contribution in [0.5, 0.6) is 0 Å². The molecule has 1 atom stereocenters. The summed E-state index contributed by atoms with van der Waals surface area (Å²) in [5.74, 6) is 0.0921. The number of unbranched alkanes of at least 4 members (excludes halogenated alkanes) is 7. The topological polar surface area (TPSA) is 46.5 Å². The number of aliphatic hydroxyl groups is 1. The van der Waals surface area contributed by atoms with Crippen LogP contribution in [0.3, 0.4) is 0 Å². The van der Waals surface area contributed by atoms with E-state index in [4.69, 9.17) is 4.74 Å². The number of hydrogen-bond acceptors (Lipinski definition) is 3. The molecule has 0 aromatic carbocycles. The van der Waals surface area contributed by atoms with Crippen molar-refractivity contribution in [1.29, 1.82) is 0 Å². The predicted octanol–water partition coefficient (Wildman–Crippen LogP) is 5.25. The Kier molecular flexibility index (Phi) is 12.6. The number of carbonyl (C=O) groups is 1. The molecule has 3 nitrogen and oxygen atoms in total. The van der Waals surface area contributed by atoms with Crippen molar-refractivity contribution in [3.8, 4) is 0 Å². The SMILES string of the molecule is CCCCCCCCCC[C@H](CO)CCC(=O)OC(C)(C)C. The van der Waals surface area contributed by atoms with Crippen molar-refractivity contribution >= 4 is 5.97 Å². The van der Waals surface area contributed by atoms with Gasteiger partial charge in [0.15, 0.2) is 0 Å². The van der Waals surface area contributed by atoms with Crippen molar-refractivity contribution in [2.24, 2.45) is 5.92 Å². The summed E-state index contributed by atoms with van der Waals surface area (Å²) >= 11 is 0. The van der Waals surface area contributed by atoms with E-state index in [9.17, 15) is 9.90 Å². The fourth-order valence-corrected chi connectivity index (χ4v) is 2.61. The maximum Gasteiger partial charge on any atom is 0.306 e. The standard InChI is InChI=1S/C19H38O3/c1-5-6-7-8-9-10-11-12-13-17(16-20)14-15-18(21)22-19(2,3)4/h17,20H,5-16H2,1-4H3/t17-/m0/s1. The van der Waals surface area contributed by atoms with Crippen molar-refractivity contribution in [2.45, 2.75) is 104 Å². The second-order valence-corrected chi connectivity index (χ2v) is 7.44. The third kappa shape index (κ3) is 14.4. The van der Waals surface area contributed by atoms with E-state index in [0.29, 0.717) is 6.42 Å². The molecule has 0 heterocycles. The zero-order valence-electron chi connectivity index (χ0n) is 15.3. The Balaban J connectivity index is 3.61. The van der Waals surface area contributed by atoms with Crippen LogP contribution < -0.4 is 0 Å². The van der Waals surface area contributed by atoms with Crippen molar-refractivity contribution < 1.29 is 14.6 Å². The molecule has 0 saturated heterocycles. The Bertz CT molecular complexity index is 268. The van der Waals surface area contributed by atoms with Crippen LogP contribution in [0.4, 0.5) is 0 Å². The largest absolute Gasteiger partial charge is 0.460 e. The van der Waals surface area contributed by atoms with Gasteiger partial charge in [-0.2, -0.15) is 0 Å². The third-order valence-corrected chi connectivity index (χ3v) is 3.90. The van der Waals surface area contributed by atoms with Crippen molar-refractivity contribution in [3.05, 3.63) is 0 Å². The molecule has 0 saturated carbocycles. The van der Waals surface area contributed by atoms with Gasteiger partial charge in [0.1, 0.15) is 5.60 Å². The van der Waals surface area contributed by atoms with Gasteiger partial charge in [-0.3, -0.25) is 4.79 Å². The van der Waals surface area contributed by atoms with Gasteiger partial charge in [-0.15, -0.1) is 0 Å². The van der Waals surface area contributed by atoms with E-state index >= 15 is 0 Å². The van der Waals surface area contributed by atoms with Crippen LogP contribution in [0, 0.1) is 5.92 Å². The van der Waals surface area contributed by atoms with Crippen LogP contribution in [0.15, 0.2) is 0 Å². The Morgan fingerprint density at radius 2 is 1.50 bits per heavy atom. The van der Waals surface area contributed by atoms with Gasteiger partial charge < -0.3 is 9.84 Å². The number of ether oxygens (including phenoxy) is 1. The first-order chi connectivity index (χ1) is 10.4. The van der Waals surface area contributed by atoms with E-state index in [1.807, 2.05) is 20.8 Å². The van der Waals surface area contributed by atoms with Crippen LogP contribution in [-0.2, 0) is 9.53 Å².